The summed E-state index contributed by atoms with van der Waals surface area (Å²) in [5, 5.41) is 20.7. The minimum atomic E-state index is -3.68. The molecule has 0 bridgehead atoms. The summed E-state index contributed by atoms with van der Waals surface area (Å²) in [4.78, 5) is 10.3. The van der Waals surface area contributed by atoms with Gasteiger partial charge in [0.2, 0.25) is 10.0 Å². The number of carboxylic acids is 1. The van der Waals surface area contributed by atoms with Crippen LogP contribution in [0.15, 0.2) is 17.3 Å². The van der Waals surface area contributed by atoms with E-state index < -0.39 is 16.0 Å². The monoisotopic (exact) mass is 263 g/mol. The van der Waals surface area contributed by atoms with Gasteiger partial charge in [-0.1, -0.05) is 0 Å². The molecule has 0 aromatic carbocycles. The van der Waals surface area contributed by atoms with Crippen molar-refractivity contribution in [3.05, 3.63) is 12.4 Å². The standard InChI is InChI=1S/C8H13N3O5S/c12-4-2-10-17(15,16)7-5-9-11(6-7)3-1-8(13)14/h5-6,10,12H,1-4H2,(H,13,14). The maximum Gasteiger partial charge on any atom is 0.305 e. The fourth-order valence-electron chi connectivity index (χ4n) is 1.08. The molecule has 0 aliphatic carbocycles. The van der Waals surface area contributed by atoms with E-state index in [-0.39, 0.29) is 31.0 Å². The second kappa shape index (κ2) is 5.75. The second-order valence-electron chi connectivity index (χ2n) is 3.20. The molecule has 0 atom stereocenters. The fourth-order valence-corrected chi connectivity index (χ4v) is 2.05. The van der Waals surface area contributed by atoms with Crippen molar-refractivity contribution in [2.45, 2.75) is 17.9 Å². The highest BCUT2D eigenvalue weighted by Gasteiger charge is 2.15. The lowest BCUT2D eigenvalue weighted by molar-refractivity contribution is -0.137. The lowest BCUT2D eigenvalue weighted by Crippen LogP contribution is -2.26. The van der Waals surface area contributed by atoms with Crippen molar-refractivity contribution in [2.75, 3.05) is 13.2 Å². The summed E-state index contributed by atoms with van der Waals surface area (Å²) in [5.41, 5.74) is 0. The van der Waals surface area contributed by atoms with E-state index >= 15 is 0 Å². The summed E-state index contributed by atoms with van der Waals surface area (Å²) < 4.78 is 26.5. The zero-order chi connectivity index (χ0) is 12.9. The van der Waals surface area contributed by atoms with Gasteiger partial charge in [-0.25, -0.2) is 13.1 Å². The van der Waals surface area contributed by atoms with Crippen molar-refractivity contribution in [3.63, 3.8) is 0 Å². The summed E-state index contributed by atoms with van der Waals surface area (Å²) in [5.74, 6) is -0.983. The van der Waals surface area contributed by atoms with Crippen LogP contribution in [0.3, 0.4) is 0 Å². The number of nitrogens with zero attached hydrogens (tertiary/aromatic N) is 2. The van der Waals surface area contributed by atoms with Crippen molar-refractivity contribution in [1.29, 1.82) is 0 Å². The number of aliphatic hydroxyl groups is 1. The first-order chi connectivity index (χ1) is 7.95. The van der Waals surface area contributed by atoms with Gasteiger partial charge in [0.15, 0.2) is 0 Å². The molecule has 9 heteroatoms. The third-order valence-corrected chi connectivity index (χ3v) is 3.29. The predicted molar refractivity (Wildman–Crippen MR) is 56.8 cm³/mol. The number of sulfonamides is 1. The molecule has 0 amide bonds. The number of hydrogen-bond acceptors (Lipinski definition) is 5. The van der Waals surface area contributed by atoms with Gasteiger partial charge in [0.05, 0.1) is 25.8 Å². The topological polar surface area (TPSA) is 122 Å². The highest BCUT2D eigenvalue weighted by molar-refractivity contribution is 7.89. The van der Waals surface area contributed by atoms with Gasteiger partial charge >= 0.3 is 5.97 Å². The second-order valence-corrected chi connectivity index (χ2v) is 4.97. The largest absolute Gasteiger partial charge is 0.481 e. The summed E-state index contributed by atoms with van der Waals surface area (Å²) in [6, 6.07) is 0. The number of nitrogens with one attached hydrogen (secondary N) is 1. The summed E-state index contributed by atoms with van der Waals surface area (Å²) >= 11 is 0. The zero-order valence-corrected chi connectivity index (χ0v) is 9.72. The minimum absolute atomic E-state index is 0.0589. The first kappa shape index (κ1) is 13.6. The molecule has 0 radical (unpaired) electrons. The van der Waals surface area contributed by atoms with Crippen LogP contribution in [-0.2, 0) is 21.4 Å². The molecule has 8 nitrogen and oxygen atoms in total. The van der Waals surface area contributed by atoms with E-state index in [1.165, 1.54) is 10.9 Å². The van der Waals surface area contributed by atoms with Gasteiger partial charge in [0, 0.05) is 12.7 Å². The van der Waals surface area contributed by atoms with Crippen LogP contribution in [-0.4, -0.2) is 47.5 Å². The average Bonchev–Trinajstić information content (AvgIpc) is 2.73. The summed E-state index contributed by atoms with van der Waals surface area (Å²) in [6.07, 6.45) is 2.23. The number of hydrogen-bond donors (Lipinski definition) is 3. The highest BCUT2D eigenvalue weighted by Crippen LogP contribution is 2.06. The van der Waals surface area contributed by atoms with E-state index in [9.17, 15) is 13.2 Å². The van der Waals surface area contributed by atoms with Gasteiger partial charge in [-0.15, -0.1) is 0 Å². The molecule has 17 heavy (non-hydrogen) atoms. The van der Waals surface area contributed by atoms with E-state index in [0.29, 0.717) is 0 Å². The van der Waals surface area contributed by atoms with Crippen molar-refractivity contribution >= 4 is 16.0 Å². The molecule has 3 N–H and O–H groups in total. The lowest BCUT2D eigenvalue weighted by Gasteiger charge is -2.01. The maximum absolute atomic E-state index is 11.6. The predicted octanol–water partition coefficient (Wildman–Crippen LogP) is -1.37. The van der Waals surface area contributed by atoms with E-state index in [1.54, 1.807) is 0 Å². The Labute approximate surface area is 97.9 Å². The summed E-state index contributed by atoms with van der Waals surface area (Å²) in [7, 11) is -3.68. The molecule has 1 rings (SSSR count). The molecular formula is C8H13N3O5S. The Morgan fingerprint density at radius 1 is 1.53 bits per heavy atom. The van der Waals surface area contributed by atoms with E-state index in [1.807, 2.05) is 0 Å². The number of aromatic nitrogens is 2. The highest BCUT2D eigenvalue weighted by atomic mass is 32.2. The molecule has 0 spiro atoms. The van der Waals surface area contributed by atoms with Crippen molar-refractivity contribution < 1.29 is 23.4 Å². The Balaban J connectivity index is 2.70. The Morgan fingerprint density at radius 3 is 2.82 bits per heavy atom. The molecule has 0 saturated carbocycles. The Bertz CT molecular complexity index is 481. The molecule has 96 valence electrons. The molecule has 1 aromatic heterocycles. The smallest absolute Gasteiger partial charge is 0.305 e. The number of aliphatic hydroxyl groups excluding tert-OH is 1. The molecule has 0 fully saturated rings. The minimum Gasteiger partial charge on any atom is -0.481 e. The van der Waals surface area contributed by atoms with Gasteiger partial charge in [-0.2, -0.15) is 5.10 Å². The molecule has 1 heterocycles. The van der Waals surface area contributed by atoms with E-state index in [4.69, 9.17) is 10.2 Å². The number of aryl methyl sites for hydroxylation is 1. The normalized spacial score (nSPS) is 11.6. The Hall–Kier alpha value is -1.45. The first-order valence-corrected chi connectivity index (χ1v) is 6.29. The zero-order valence-electron chi connectivity index (χ0n) is 8.90. The lowest BCUT2D eigenvalue weighted by atomic mass is 10.4. The third-order valence-electron chi connectivity index (χ3n) is 1.88. The van der Waals surface area contributed by atoms with Crippen LogP contribution in [0.5, 0.6) is 0 Å². The van der Waals surface area contributed by atoms with Crippen LogP contribution in [0.2, 0.25) is 0 Å². The number of carbonyl (C=O) groups is 1. The van der Waals surface area contributed by atoms with E-state index in [2.05, 4.69) is 9.82 Å². The van der Waals surface area contributed by atoms with Crippen LogP contribution in [0.25, 0.3) is 0 Å². The molecule has 0 saturated heterocycles. The van der Waals surface area contributed by atoms with Crippen LogP contribution in [0.4, 0.5) is 0 Å². The maximum atomic E-state index is 11.6. The SMILES string of the molecule is O=C(O)CCn1cc(S(=O)(=O)NCCO)cn1. The Kier molecular flexibility index (Phi) is 4.61. The van der Waals surface area contributed by atoms with E-state index in [0.717, 1.165) is 6.20 Å². The van der Waals surface area contributed by atoms with Gasteiger partial charge in [-0.05, 0) is 0 Å². The molecular weight excluding hydrogens is 250 g/mol. The Morgan fingerprint density at radius 2 is 2.24 bits per heavy atom. The van der Waals surface area contributed by atoms with Gasteiger partial charge in [0.1, 0.15) is 4.90 Å². The van der Waals surface area contributed by atoms with Gasteiger partial charge in [0.25, 0.3) is 0 Å². The quantitative estimate of drug-likeness (QED) is 0.558. The number of carboxylic acid groups (broad SMARTS) is 1. The van der Waals surface area contributed by atoms with Crippen molar-refractivity contribution in [2.24, 2.45) is 0 Å². The van der Waals surface area contributed by atoms with Crippen LogP contribution >= 0.6 is 0 Å². The van der Waals surface area contributed by atoms with Gasteiger partial charge in [-0.3, -0.25) is 9.48 Å². The van der Waals surface area contributed by atoms with Crippen LogP contribution in [0, 0.1) is 0 Å². The van der Waals surface area contributed by atoms with Gasteiger partial charge < -0.3 is 10.2 Å². The summed E-state index contributed by atoms with van der Waals surface area (Å²) in [6.45, 7) is -0.278. The average molecular weight is 263 g/mol. The molecule has 0 aliphatic heterocycles. The molecule has 1 aromatic rings. The third kappa shape index (κ3) is 4.13. The van der Waals surface area contributed by atoms with Crippen molar-refractivity contribution in [3.8, 4) is 0 Å². The fraction of sp³-hybridized carbons (Fsp3) is 0.500. The molecule has 0 aliphatic rings. The van der Waals surface area contributed by atoms with Crippen LogP contribution < -0.4 is 4.72 Å². The van der Waals surface area contributed by atoms with Crippen molar-refractivity contribution in [1.82, 2.24) is 14.5 Å². The van der Waals surface area contributed by atoms with Crippen LogP contribution in [0.1, 0.15) is 6.42 Å². The first-order valence-electron chi connectivity index (χ1n) is 4.80. The number of rotatable bonds is 7. The molecule has 0 unspecified atom stereocenters. The number of aliphatic carboxylic acids is 1.